The van der Waals surface area contributed by atoms with E-state index in [1.807, 2.05) is 18.0 Å². The summed E-state index contributed by atoms with van der Waals surface area (Å²) >= 11 is 0. The monoisotopic (exact) mass is 484 g/mol. The molecule has 35 heavy (non-hydrogen) atoms. The number of ether oxygens (including phenoxy) is 1. The summed E-state index contributed by atoms with van der Waals surface area (Å²) in [5, 5.41) is 2.84. The Kier molecular flexibility index (Phi) is 9.87. The molecule has 0 aromatic carbocycles. The fourth-order valence-corrected chi connectivity index (χ4v) is 4.61. The van der Waals surface area contributed by atoms with E-state index in [-0.39, 0.29) is 11.8 Å². The zero-order valence-corrected chi connectivity index (χ0v) is 21.1. The predicted octanol–water partition coefficient (Wildman–Crippen LogP) is 4.60. The molecule has 1 aliphatic rings. The molecule has 0 bridgehead atoms. The summed E-state index contributed by atoms with van der Waals surface area (Å²) in [4.78, 5) is 30.7. The molecule has 0 radical (unpaired) electrons. The van der Waals surface area contributed by atoms with Crippen LogP contribution in [0.15, 0.2) is 30.6 Å². The van der Waals surface area contributed by atoms with Crippen LogP contribution in [0.5, 0.6) is 5.75 Å². The summed E-state index contributed by atoms with van der Waals surface area (Å²) in [6.45, 7) is 7.09. The van der Waals surface area contributed by atoms with Crippen molar-refractivity contribution in [2.24, 2.45) is 5.92 Å². The Morgan fingerprint density at radius 2 is 2.06 bits per heavy atom. The molecule has 2 aromatic rings. The van der Waals surface area contributed by atoms with Gasteiger partial charge in [-0.25, -0.2) is 4.98 Å². The molecule has 1 fully saturated rings. The van der Waals surface area contributed by atoms with Gasteiger partial charge >= 0.3 is 0 Å². The summed E-state index contributed by atoms with van der Waals surface area (Å²) in [5.74, 6) is 0.489. The number of nitrogens with zero attached hydrogens (tertiary/aromatic N) is 3. The molecule has 0 atom stereocenters. The van der Waals surface area contributed by atoms with Crippen LogP contribution in [0, 0.1) is 18.8 Å². The van der Waals surface area contributed by atoms with Crippen molar-refractivity contribution in [3.8, 4) is 5.75 Å². The van der Waals surface area contributed by atoms with Crippen molar-refractivity contribution in [2.45, 2.75) is 58.9 Å². The van der Waals surface area contributed by atoms with Crippen LogP contribution in [0.3, 0.4) is 0 Å². The Labute approximate surface area is 207 Å². The second kappa shape index (κ2) is 13.1. The number of piperidine rings is 1. The number of hydrogen-bond acceptors (Lipinski definition) is 4. The third-order valence-electron chi connectivity index (χ3n) is 6.65. The summed E-state index contributed by atoms with van der Waals surface area (Å²) < 4.78 is 21.1. The maximum absolute atomic E-state index is 13.5. The maximum Gasteiger partial charge on any atom is 0.259 e. The van der Waals surface area contributed by atoms with Crippen molar-refractivity contribution in [1.29, 1.82) is 0 Å². The van der Waals surface area contributed by atoms with E-state index in [1.165, 1.54) is 18.3 Å². The van der Waals surface area contributed by atoms with Crippen molar-refractivity contribution in [3.63, 3.8) is 0 Å². The van der Waals surface area contributed by atoms with Crippen molar-refractivity contribution in [3.05, 3.63) is 53.4 Å². The van der Waals surface area contributed by atoms with Gasteiger partial charge in [0.25, 0.3) is 5.91 Å². The fourth-order valence-electron chi connectivity index (χ4n) is 4.61. The normalized spacial score (nSPS) is 14.5. The number of carbonyl (C=O) groups excluding carboxylic acids is 2. The molecule has 1 N–H and O–H groups in total. The topological polar surface area (TPSA) is 76.5 Å². The van der Waals surface area contributed by atoms with Crippen molar-refractivity contribution in [2.75, 3.05) is 26.7 Å². The minimum Gasteiger partial charge on any atom is -0.494 e. The molecule has 3 heterocycles. The summed E-state index contributed by atoms with van der Waals surface area (Å²) in [5.41, 5.74) is 1.95. The molecule has 3 rings (SSSR count). The number of nitrogens with one attached hydrogen (secondary N) is 1. The first kappa shape index (κ1) is 26.4. The number of unbranched alkanes of at least 4 members (excludes halogenated alkanes) is 1. The number of amides is 2. The third-order valence-corrected chi connectivity index (χ3v) is 6.65. The van der Waals surface area contributed by atoms with E-state index in [9.17, 15) is 14.0 Å². The number of hydrogen-bond donors (Lipinski definition) is 1. The molecule has 0 saturated carbocycles. The van der Waals surface area contributed by atoms with Gasteiger partial charge in [-0.3, -0.25) is 9.59 Å². The van der Waals surface area contributed by atoms with Gasteiger partial charge in [-0.05, 0) is 56.7 Å². The van der Waals surface area contributed by atoms with E-state index in [1.54, 1.807) is 19.2 Å². The number of carbonyl (C=O) groups is 2. The van der Waals surface area contributed by atoms with Gasteiger partial charge in [0.1, 0.15) is 11.3 Å². The van der Waals surface area contributed by atoms with Gasteiger partial charge in [0, 0.05) is 55.9 Å². The van der Waals surface area contributed by atoms with Gasteiger partial charge in [-0.15, -0.1) is 0 Å². The fraction of sp³-hybridized carbons (Fsp3) is 0.519. The van der Waals surface area contributed by atoms with Crippen molar-refractivity contribution < 1.29 is 18.7 Å². The Bertz CT molecular complexity index is 1030. The molecule has 1 aliphatic heterocycles. The standard InChI is InChI=1S/C27H37FN4O3/c1-4-16-32-19-23(35-3)25(20(32)2)27(34)31-17-12-21(13-18-31)8-5-6-14-29-24(33)11-10-22-9-7-15-30-26(22)28/h7,9-11,15,19,21H,4-6,8,12-14,16-18H2,1-3H3,(H,29,33)/b11-10+. The van der Waals surface area contributed by atoms with Gasteiger partial charge in [-0.2, -0.15) is 4.39 Å². The van der Waals surface area contributed by atoms with E-state index in [0.29, 0.717) is 29.3 Å². The lowest BCUT2D eigenvalue weighted by molar-refractivity contribution is -0.116. The molecule has 2 amide bonds. The minimum absolute atomic E-state index is 0.0644. The van der Waals surface area contributed by atoms with Gasteiger partial charge in [-0.1, -0.05) is 19.8 Å². The number of likely N-dealkylation sites (tertiary alicyclic amines) is 1. The smallest absolute Gasteiger partial charge is 0.259 e. The maximum atomic E-state index is 13.5. The van der Waals surface area contributed by atoms with Gasteiger partial charge in [0.05, 0.1) is 7.11 Å². The van der Waals surface area contributed by atoms with Crippen LogP contribution in [0.2, 0.25) is 0 Å². The van der Waals surface area contributed by atoms with Gasteiger partial charge in [0.15, 0.2) is 0 Å². The Morgan fingerprint density at radius 3 is 2.74 bits per heavy atom. The second-order valence-electron chi connectivity index (χ2n) is 9.09. The average Bonchev–Trinajstić information content (AvgIpc) is 3.18. The molecule has 7 nitrogen and oxygen atoms in total. The highest BCUT2D eigenvalue weighted by Gasteiger charge is 2.28. The quantitative estimate of drug-likeness (QED) is 0.287. The van der Waals surface area contributed by atoms with Gasteiger partial charge in [0.2, 0.25) is 11.9 Å². The summed E-state index contributed by atoms with van der Waals surface area (Å²) in [7, 11) is 1.62. The van der Waals surface area contributed by atoms with E-state index in [4.69, 9.17) is 4.74 Å². The molecule has 0 aliphatic carbocycles. The lowest BCUT2D eigenvalue weighted by Gasteiger charge is -2.32. The average molecular weight is 485 g/mol. The lowest BCUT2D eigenvalue weighted by atomic mass is 9.91. The van der Waals surface area contributed by atoms with Gasteiger partial charge < -0.3 is 19.5 Å². The number of methoxy groups -OCH3 is 1. The highest BCUT2D eigenvalue weighted by Crippen LogP contribution is 2.29. The van der Waals surface area contributed by atoms with E-state index in [2.05, 4.69) is 21.8 Å². The van der Waals surface area contributed by atoms with E-state index >= 15 is 0 Å². The van der Waals surface area contributed by atoms with E-state index < -0.39 is 5.95 Å². The number of pyridine rings is 1. The Morgan fingerprint density at radius 1 is 1.29 bits per heavy atom. The van der Waals surface area contributed by atoms with Crippen molar-refractivity contribution in [1.82, 2.24) is 19.8 Å². The third kappa shape index (κ3) is 7.16. The zero-order valence-electron chi connectivity index (χ0n) is 21.1. The SMILES string of the molecule is CCCn1cc(OC)c(C(=O)N2CCC(CCCCNC(=O)/C=C/c3cccnc3F)CC2)c1C. The number of aromatic nitrogens is 2. The number of rotatable bonds is 11. The van der Waals surface area contributed by atoms with Crippen LogP contribution in [0.1, 0.15) is 67.1 Å². The molecule has 190 valence electrons. The first-order valence-corrected chi connectivity index (χ1v) is 12.5. The van der Waals surface area contributed by atoms with Crippen LogP contribution < -0.4 is 10.1 Å². The molecule has 1 saturated heterocycles. The highest BCUT2D eigenvalue weighted by atomic mass is 19.1. The molecule has 0 unspecified atom stereocenters. The van der Waals surface area contributed by atoms with Crippen LogP contribution in [0.25, 0.3) is 6.08 Å². The molecule has 2 aromatic heterocycles. The largest absolute Gasteiger partial charge is 0.494 e. The second-order valence-corrected chi connectivity index (χ2v) is 9.09. The molecule has 0 spiro atoms. The zero-order chi connectivity index (χ0) is 25.2. The Balaban J connectivity index is 1.36. The lowest BCUT2D eigenvalue weighted by Crippen LogP contribution is -2.38. The summed E-state index contributed by atoms with van der Waals surface area (Å²) in [6, 6.07) is 3.20. The van der Waals surface area contributed by atoms with Crippen LogP contribution >= 0.6 is 0 Å². The Hall–Kier alpha value is -3.16. The van der Waals surface area contributed by atoms with Crippen molar-refractivity contribution >= 4 is 17.9 Å². The predicted molar refractivity (Wildman–Crippen MR) is 135 cm³/mol. The van der Waals surface area contributed by atoms with Crippen LogP contribution in [-0.2, 0) is 11.3 Å². The number of aryl methyl sites for hydroxylation is 1. The number of halogens is 1. The first-order chi connectivity index (χ1) is 16.9. The summed E-state index contributed by atoms with van der Waals surface area (Å²) in [6.07, 6.45) is 12.1. The molecule has 8 heteroatoms. The highest BCUT2D eigenvalue weighted by molar-refractivity contribution is 5.98. The van der Waals surface area contributed by atoms with Crippen LogP contribution in [0.4, 0.5) is 4.39 Å². The molecular weight excluding hydrogens is 447 g/mol. The molecular formula is C27H37FN4O3. The van der Waals surface area contributed by atoms with Crippen LogP contribution in [-0.4, -0.2) is 53.0 Å². The minimum atomic E-state index is -0.589. The van der Waals surface area contributed by atoms with E-state index in [0.717, 1.165) is 63.9 Å². The first-order valence-electron chi connectivity index (χ1n) is 12.5.